The maximum absolute atomic E-state index is 5.45. The molecular formula is C14H24BrN3O. The van der Waals surface area contributed by atoms with Gasteiger partial charge in [-0.1, -0.05) is 20.8 Å². The van der Waals surface area contributed by atoms with Gasteiger partial charge in [0, 0.05) is 13.7 Å². The Balaban J connectivity index is 3.21. The fourth-order valence-corrected chi connectivity index (χ4v) is 2.40. The van der Waals surface area contributed by atoms with Crippen LogP contribution in [0.1, 0.15) is 51.7 Å². The normalized spacial score (nSPS) is 12.8. The molecule has 19 heavy (non-hydrogen) atoms. The van der Waals surface area contributed by atoms with E-state index in [4.69, 9.17) is 4.74 Å². The number of halogens is 1. The first-order chi connectivity index (χ1) is 9.03. The summed E-state index contributed by atoms with van der Waals surface area (Å²) in [5, 5.41) is 3.28. The number of rotatable bonds is 7. The largest absolute Gasteiger partial charge is 0.373 e. The van der Waals surface area contributed by atoms with E-state index in [1.807, 2.05) is 0 Å². The Labute approximate surface area is 124 Å². The molecule has 0 bridgehead atoms. The summed E-state index contributed by atoms with van der Waals surface area (Å²) in [6, 6.07) is 0. The van der Waals surface area contributed by atoms with Crippen LogP contribution in [0.3, 0.4) is 0 Å². The Morgan fingerprint density at radius 2 is 1.95 bits per heavy atom. The van der Waals surface area contributed by atoms with Crippen molar-refractivity contribution in [3.8, 4) is 0 Å². The number of anilines is 1. The van der Waals surface area contributed by atoms with Gasteiger partial charge in [-0.3, -0.25) is 0 Å². The molecule has 0 aliphatic carbocycles. The van der Waals surface area contributed by atoms with Crippen LogP contribution >= 0.6 is 15.9 Å². The van der Waals surface area contributed by atoms with E-state index in [2.05, 4.69) is 58.9 Å². The first-order valence-electron chi connectivity index (χ1n) is 6.86. The summed E-state index contributed by atoms with van der Waals surface area (Å²) >= 11 is 3.61. The molecule has 0 spiro atoms. The summed E-state index contributed by atoms with van der Waals surface area (Å²) in [5.41, 5.74) is 1.05. The molecule has 1 N–H and O–H groups in total. The Hall–Kier alpha value is -0.680. The van der Waals surface area contributed by atoms with Crippen LogP contribution in [-0.4, -0.2) is 23.6 Å². The second-order valence-corrected chi connectivity index (χ2v) is 5.74. The van der Waals surface area contributed by atoms with E-state index in [0.717, 1.165) is 41.2 Å². The van der Waals surface area contributed by atoms with Crippen LogP contribution in [0.4, 0.5) is 5.82 Å². The summed E-state index contributed by atoms with van der Waals surface area (Å²) in [7, 11) is 1.70. The van der Waals surface area contributed by atoms with E-state index < -0.39 is 0 Å². The van der Waals surface area contributed by atoms with Crippen molar-refractivity contribution in [2.45, 2.75) is 46.6 Å². The maximum Gasteiger partial charge on any atom is 0.159 e. The van der Waals surface area contributed by atoms with Crippen LogP contribution < -0.4 is 5.32 Å². The lowest BCUT2D eigenvalue weighted by Gasteiger charge is -2.17. The Morgan fingerprint density at radius 1 is 1.26 bits per heavy atom. The molecule has 1 heterocycles. The number of nitrogens with one attached hydrogen (secondary N) is 1. The molecule has 1 rings (SSSR count). The summed E-state index contributed by atoms with van der Waals surface area (Å²) in [5.74, 6) is 2.18. The lowest BCUT2D eigenvalue weighted by Crippen LogP contribution is -2.13. The van der Waals surface area contributed by atoms with Gasteiger partial charge in [0.15, 0.2) is 5.82 Å². The molecule has 5 heteroatoms. The smallest absolute Gasteiger partial charge is 0.159 e. The lowest BCUT2D eigenvalue weighted by atomic mass is 10.1. The van der Waals surface area contributed by atoms with Crippen molar-refractivity contribution in [3.63, 3.8) is 0 Å². The van der Waals surface area contributed by atoms with Crippen LogP contribution in [0.5, 0.6) is 0 Å². The van der Waals surface area contributed by atoms with Crippen molar-refractivity contribution in [1.29, 1.82) is 0 Å². The fraction of sp³-hybridized carbons (Fsp3) is 0.714. The summed E-state index contributed by atoms with van der Waals surface area (Å²) in [4.78, 5) is 9.25. The van der Waals surface area contributed by atoms with Crippen LogP contribution in [0.2, 0.25) is 0 Å². The van der Waals surface area contributed by atoms with Crippen molar-refractivity contribution >= 4 is 21.7 Å². The highest BCUT2D eigenvalue weighted by molar-refractivity contribution is 9.10. The van der Waals surface area contributed by atoms with Crippen LogP contribution in [0, 0.1) is 5.92 Å². The van der Waals surface area contributed by atoms with Gasteiger partial charge in [-0.25, -0.2) is 9.97 Å². The zero-order valence-electron chi connectivity index (χ0n) is 12.5. The minimum Gasteiger partial charge on any atom is -0.373 e. The molecule has 0 amide bonds. The van der Waals surface area contributed by atoms with E-state index in [9.17, 15) is 0 Å². The zero-order valence-corrected chi connectivity index (χ0v) is 14.0. The van der Waals surface area contributed by atoms with E-state index in [1.54, 1.807) is 7.11 Å². The van der Waals surface area contributed by atoms with Crippen LogP contribution in [0.25, 0.3) is 0 Å². The third kappa shape index (κ3) is 4.42. The number of methoxy groups -OCH3 is 1. The SMILES string of the molecule is CCNc1nc(C(CC)OC)nc(CC(C)C)c1Br. The summed E-state index contributed by atoms with van der Waals surface area (Å²) in [6.45, 7) is 9.35. The second-order valence-electron chi connectivity index (χ2n) is 4.95. The molecule has 0 fully saturated rings. The number of ether oxygens (including phenoxy) is 1. The number of hydrogen-bond acceptors (Lipinski definition) is 4. The minimum absolute atomic E-state index is 0.0450. The molecule has 1 aromatic rings. The van der Waals surface area contributed by atoms with Gasteiger partial charge < -0.3 is 10.1 Å². The maximum atomic E-state index is 5.45. The monoisotopic (exact) mass is 329 g/mol. The summed E-state index contributed by atoms with van der Waals surface area (Å²) < 4.78 is 6.42. The molecule has 0 radical (unpaired) electrons. The quantitative estimate of drug-likeness (QED) is 0.822. The molecule has 0 aliphatic heterocycles. The Kier molecular flexibility index (Phi) is 6.72. The van der Waals surface area contributed by atoms with E-state index in [0.29, 0.717) is 5.92 Å². The van der Waals surface area contributed by atoms with E-state index in [1.165, 1.54) is 0 Å². The average molecular weight is 330 g/mol. The van der Waals surface area contributed by atoms with Gasteiger partial charge in [0.1, 0.15) is 11.9 Å². The first-order valence-corrected chi connectivity index (χ1v) is 7.65. The standard InChI is InChI=1S/C14H24BrN3O/c1-6-11(19-5)13-17-10(8-9(3)4)12(15)14(18-13)16-7-2/h9,11H,6-8H2,1-5H3,(H,16,17,18). The predicted octanol–water partition coefficient (Wildman–Crippen LogP) is 3.97. The van der Waals surface area contributed by atoms with Crippen molar-refractivity contribution < 1.29 is 4.74 Å². The molecule has 0 saturated carbocycles. The molecular weight excluding hydrogens is 306 g/mol. The highest BCUT2D eigenvalue weighted by Crippen LogP contribution is 2.28. The van der Waals surface area contributed by atoms with Crippen molar-refractivity contribution in [2.24, 2.45) is 5.92 Å². The second kappa shape index (κ2) is 7.80. The van der Waals surface area contributed by atoms with Gasteiger partial charge in [0.05, 0.1) is 10.2 Å². The van der Waals surface area contributed by atoms with Gasteiger partial charge >= 0.3 is 0 Å². The molecule has 108 valence electrons. The van der Waals surface area contributed by atoms with Crippen molar-refractivity contribution in [2.75, 3.05) is 19.0 Å². The van der Waals surface area contributed by atoms with Gasteiger partial charge in [0.2, 0.25) is 0 Å². The Bertz CT molecular complexity index is 406. The number of nitrogens with zero attached hydrogens (tertiary/aromatic N) is 2. The first kappa shape index (κ1) is 16.4. The lowest BCUT2D eigenvalue weighted by molar-refractivity contribution is 0.0924. The molecule has 1 atom stereocenters. The van der Waals surface area contributed by atoms with E-state index in [-0.39, 0.29) is 6.10 Å². The third-order valence-electron chi connectivity index (χ3n) is 2.83. The highest BCUT2D eigenvalue weighted by atomic mass is 79.9. The minimum atomic E-state index is -0.0450. The molecule has 4 nitrogen and oxygen atoms in total. The molecule has 0 aliphatic rings. The predicted molar refractivity (Wildman–Crippen MR) is 82.5 cm³/mol. The fourth-order valence-electron chi connectivity index (χ4n) is 1.92. The topological polar surface area (TPSA) is 47.0 Å². The number of aromatic nitrogens is 2. The summed E-state index contributed by atoms with van der Waals surface area (Å²) in [6.07, 6.45) is 1.75. The van der Waals surface area contributed by atoms with Crippen molar-refractivity contribution in [1.82, 2.24) is 9.97 Å². The molecule has 0 saturated heterocycles. The molecule has 1 aromatic heterocycles. The Morgan fingerprint density at radius 3 is 2.42 bits per heavy atom. The average Bonchev–Trinajstić information content (AvgIpc) is 2.36. The van der Waals surface area contributed by atoms with Gasteiger partial charge in [-0.05, 0) is 41.6 Å². The van der Waals surface area contributed by atoms with Gasteiger partial charge in [0.25, 0.3) is 0 Å². The van der Waals surface area contributed by atoms with Gasteiger partial charge in [-0.15, -0.1) is 0 Å². The van der Waals surface area contributed by atoms with Crippen LogP contribution in [-0.2, 0) is 11.2 Å². The number of hydrogen-bond donors (Lipinski definition) is 1. The van der Waals surface area contributed by atoms with Crippen LogP contribution in [0.15, 0.2) is 4.47 Å². The van der Waals surface area contributed by atoms with Crippen molar-refractivity contribution in [3.05, 3.63) is 16.0 Å². The highest BCUT2D eigenvalue weighted by Gasteiger charge is 2.18. The molecule has 0 aromatic carbocycles. The third-order valence-corrected chi connectivity index (χ3v) is 3.66. The van der Waals surface area contributed by atoms with E-state index >= 15 is 0 Å². The van der Waals surface area contributed by atoms with Gasteiger partial charge in [-0.2, -0.15) is 0 Å². The zero-order chi connectivity index (χ0) is 14.4. The molecule has 1 unspecified atom stereocenters.